The zero-order valence-electron chi connectivity index (χ0n) is 15.7. The third kappa shape index (κ3) is 3.03. The molecule has 0 saturated heterocycles. The van der Waals surface area contributed by atoms with Crippen molar-refractivity contribution in [1.82, 2.24) is 9.78 Å². The highest BCUT2D eigenvalue weighted by atomic mass is 15.4. The molecule has 3 aromatic carbocycles. The molecule has 1 aliphatic heterocycles. The van der Waals surface area contributed by atoms with E-state index in [9.17, 15) is 5.26 Å². The van der Waals surface area contributed by atoms with Gasteiger partial charge in [0.05, 0.1) is 17.5 Å². The lowest BCUT2D eigenvalue weighted by molar-refractivity contribution is 0.479. The number of aliphatic imine (C=N–C) groups is 1. The van der Waals surface area contributed by atoms with Gasteiger partial charge in [0.25, 0.3) is 0 Å². The Morgan fingerprint density at radius 2 is 1.34 bits per heavy atom. The van der Waals surface area contributed by atoms with Crippen molar-refractivity contribution in [1.29, 1.82) is 5.26 Å². The van der Waals surface area contributed by atoms with Crippen LogP contribution in [0.1, 0.15) is 17.2 Å². The summed E-state index contributed by atoms with van der Waals surface area (Å²) in [4.78, 5) is 4.88. The third-order valence-corrected chi connectivity index (χ3v) is 5.24. The largest absolute Gasteiger partial charge is 0.238 e. The number of nitriles is 1. The monoisotopic (exact) mass is 374 g/mol. The lowest BCUT2D eigenvalue weighted by Crippen LogP contribution is -2.31. The SMILES string of the molecule is N#CC1C(c2ccccc2)=Nc2cc(-c3ccccc3)nn2C1c1ccccc1. The second kappa shape index (κ2) is 7.21. The van der Waals surface area contributed by atoms with E-state index in [4.69, 9.17) is 10.1 Å². The molecule has 5 rings (SSSR count). The number of rotatable bonds is 3. The van der Waals surface area contributed by atoms with E-state index in [1.807, 2.05) is 89.6 Å². The van der Waals surface area contributed by atoms with E-state index >= 15 is 0 Å². The maximum Gasteiger partial charge on any atom is 0.152 e. The van der Waals surface area contributed by atoms with Gasteiger partial charge in [-0.2, -0.15) is 10.4 Å². The molecule has 2 unspecified atom stereocenters. The Kier molecular flexibility index (Phi) is 4.27. The molecule has 0 bridgehead atoms. The van der Waals surface area contributed by atoms with Gasteiger partial charge in [0.2, 0.25) is 0 Å². The molecule has 0 amide bonds. The van der Waals surface area contributed by atoms with Gasteiger partial charge in [0.15, 0.2) is 5.82 Å². The van der Waals surface area contributed by atoms with Crippen LogP contribution in [0.2, 0.25) is 0 Å². The second-order valence-electron chi connectivity index (χ2n) is 7.02. The fourth-order valence-electron chi connectivity index (χ4n) is 3.88. The van der Waals surface area contributed by atoms with Gasteiger partial charge in [-0.25, -0.2) is 9.67 Å². The number of aromatic nitrogens is 2. The lowest BCUT2D eigenvalue weighted by atomic mass is 9.86. The van der Waals surface area contributed by atoms with Crippen LogP contribution < -0.4 is 0 Å². The average Bonchev–Trinajstić information content (AvgIpc) is 3.23. The summed E-state index contributed by atoms with van der Waals surface area (Å²) in [7, 11) is 0. The summed E-state index contributed by atoms with van der Waals surface area (Å²) < 4.78 is 1.90. The van der Waals surface area contributed by atoms with Crippen LogP contribution >= 0.6 is 0 Å². The van der Waals surface area contributed by atoms with Crippen LogP contribution in [0.5, 0.6) is 0 Å². The minimum absolute atomic E-state index is 0.235. The van der Waals surface area contributed by atoms with Crippen LogP contribution in [0.15, 0.2) is 102 Å². The third-order valence-electron chi connectivity index (χ3n) is 5.24. The zero-order chi connectivity index (χ0) is 19.6. The van der Waals surface area contributed by atoms with Gasteiger partial charge < -0.3 is 0 Å². The molecule has 4 heteroatoms. The standard InChI is InChI=1S/C25H18N4/c26-17-21-24(19-12-6-2-7-13-19)27-23-16-22(18-10-4-1-5-11-18)28-29(23)25(21)20-14-8-3-9-15-20/h1-16,21,25H. The van der Waals surface area contributed by atoms with E-state index in [-0.39, 0.29) is 6.04 Å². The van der Waals surface area contributed by atoms with Crippen LogP contribution in [0.3, 0.4) is 0 Å². The molecule has 1 aliphatic rings. The molecule has 4 aromatic rings. The molecular formula is C25H18N4. The van der Waals surface area contributed by atoms with Gasteiger partial charge in [-0.05, 0) is 11.1 Å². The first-order valence-electron chi connectivity index (χ1n) is 9.58. The fraction of sp³-hybridized carbons (Fsp3) is 0.0800. The Bertz CT molecular complexity index is 1200. The van der Waals surface area contributed by atoms with Gasteiger partial charge in [0.1, 0.15) is 12.0 Å². The summed E-state index contributed by atoms with van der Waals surface area (Å²) in [5.74, 6) is 0.332. The topological polar surface area (TPSA) is 54.0 Å². The first-order valence-corrected chi connectivity index (χ1v) is 9.58. The van der Waals surface area contributed by atoms with Crippen LogP contribution in [-0.2, 0) is 0 Å². The van der Waals surface area contributed by atoms with Gasteiger partial charge in [-0.1, -0.05) is 91.0 Å². The maximum absolute atomic E-state index is 10.1. The Labute approximate surface area is 169 Å². The Morgan fingerprint density at radius 3 is 1.97 bits per heavy atom. The first kappa shape index (κ1) is 17.2. The van der Waals surface area contributed by atoms with Gasteiger partial charge in [0, 0.05) is 11.6 Å². The van der Waals surface area contributed by atoms with Gasteiger partial charge in [-0.15, -0.1) is 0 Å². The molecular weight excluding hydrogens is 356 g/mol. The summed E-state index contributed by atoms with van der Waals surface area (Å²) in [5, 5.41) is 15.0. The molecule has 0 radical (unpaired) electrons. The zero-order valence-corrected chi connectivity index (χ0v) is 15.7. The maximum atomic E-state index is 10.1. The van der Waals surface area contributed by atoms with Gasteiger partial charge >= 0.3 is 0 Å². The molecule has 0 spiro atoms. The summed E-state index contributed by atoms with van der Waals surface area (Å²) in [6, 6.07) is 34.4. The van der Waals surface area contributed by atoms with Crippen molar-refractivity contribution in [3.05, 3.63) is 108 Å². The average molecular weight is 374 g/mol. The van der Waals surface area contributed by atoms with E-state index in [1.165, 1.54) is 0 Å². The van der Waals surface area contributed by atoms with Crippen molar-refractivity contribution in [2.45, 2.75) is 6.04 Å². The van der Waals surface area contributed by atoms with Crippen LogP contribution in [0.25, 0.3) is 11.3 Å². The molecule has 1 aromatic heterocycles. The molecule has 0 N–H and O–H groups in total. The van der Waals surface area contributed by atoms with E-state index in [0.717, 1.165) is 33.9 Å². The van der Waals surface area contributed by atoms with E-state index < -0.39 is 5.92 Å². The second-order valence-corrected chi connectivity index (χ2v) is 7.02. The normalized spacial score (nSPS) is 17.8. The number of fused-ring (bicyclic) bond motifs is 1. The molecule has 138 valence electrons. The molecule has 4 nitrogen and oxygen atoms in total. The van der Waals surface area contributed by atoms with Crippen molar-refractivity contribution in [2.75, 3.05) is 0 Å². The van der Waals surface area contributed by atoms with Crippen LogP contribution in [0.4, 0.5) is 5.82 Å². The summed E-state index contributed by atoms with van der Waals surface area (Å²) >= 11 is 0. The lowest BCUT2D eigenvalue weighted by Gasteiger charge is -2.29. The molecule has 0 aliphatic carbocycles. The van der Waals surface area contributed by atoms with Crippen molar-refractivity contribution >= 4 is 11.5 Å². The predicted molar refractivity (Wildman–Crippen MR) is 114 cm³/mol. The quantitative estimate of drug-likeness (QED) is 0.481. The Hall–Kier alpha value is -3.97. The highest BCUT2D eigenvalue weighted by Crippen LogP contribution is 2.39. The number of nitrogens with zero attached hydrogens (tertiary/aromatic N) is 4. The van der Waals surface area contributed by atoms with Gasteiger partial charge in [-0.3, -0.25) is 0 Å². The van der Waals surface area contributed by atoms with E-state index in [0.29, 0.717) is 0 Å². The minimum atomic E-state index is -0.434. The summed E-state index contributed by atoms with van der Waals surface area (Å²) in [6.45, 7) is 0. The number of benzene rings is 3. The molecule has 0 saturated carbocycles. The molecule has 29 heavy (non-hydrogen) atoms. The number of hydrogen-bond donors (Lipinski definition) is 0. The van der Waals surface area contributed by atoms with E-state index in [1.54, 1.807) is 0 Å². The first-order chi connectivity index (χ1) is 14.3. The molecule has 2 heterocycles. The Morgan fingerprint density at radius 1 is 0.759 bits per heavy atom. The smallest absolute Gasteiger partial charge is 0.152 e. The Balaban J connectivity index is 1.73. The summed E-state index contributed by atoms with van der Waals surface area (Å²) in [5.41, 5.74) is 4.69. The highest BCUT2D eigenvalue weighted by molar-refractivity contribution is 6.06. The van der Waals surface area contributed by atoms with E-state index in [2.05, 4.69) is 18.2 Å². The minimum Gasteiger partial charge on any atom is -0.238 e. The van der Waals surface area contributed by atoms with Crippen molar-refractivity contribution in [2.24, 2.45) is 10.9 Å². The highest BCUT2D eigenvalue weighted by Gasteiger charge is 2.36. The van der Waals surface area contributed by atoms with Crippen LogP contribution in [-0.4, -0.2) is 15.5 Å². The van der Waals surface area contributed by atoms with Crippen molar-refractivity contribution in [3.63, 3.8) is 0 Å². The summed E-state index contributed by atoms with van der Waals surface area (Å²) in [6.07, 6.45) is 0. The fourth-order valence-corrected chi connectivity index (χ4v) is 3.88. The molecule has 0 fully saturated rings. The molecule has 2 atom stereocenters. The number of hydrogen-bond acceptors (Lipinski definition) is 3. The predicted octanol–water partition coefficient (Wildman–Crippen LogP) is 5.41. The van der Waals surface area contributed by atoms with Crippen LogP contribution in [0, 0.1) is 17.2 Å². The van der Waals surface area contributed by atoms with Crippen molar-refractivity contribution < 1.29 is 0 Å². The van der Waals surface area contributed by atoms with Crippen molar-refractivity contribution in [3.8, 4) is 17.3 Å².